The SMILES string of the molecule is C[Si](C)(C)C[n+]1ccsc1N. The van der Waals surface area contributed by atoms with Crippen molar-refractivity contribution in [1.82, 2.24) is 0 Å². The van der Waals surface area contributed by atoms with Crippen molar-refractivity contribution in [1.29, 1.82) is 0 Å². The molecule has 1 aromatic heterocycles. The second kappa shape index (κ2) is 2.95. The molecule has 0 saturated carbocycles. The number of nitrogen functional groups attached to an aromatic ring is 1. The van der Waals surface area contributed by atoms with Crippen LogP contribution in [0.15, 0.2) is 11.6 Å². The second-order valence-corrected chi connectivity index (χ2v) is 10.3. The van der Waals surface area contributed by atoms with Gasteiger partial charge in [-0.15, -0.1) is 0 Å². The lowest BCUT2D eigenvalue weighted by Gasteiger charge is -2.12. The molecule has 0 radical (unpaired) electrons. The van der Waals surface area contributed by atoms with Crippen LogP contribution >= 0.6 is 11.3 Å². The molecular formula is C7H15N2SSi+. The first-order valence-electron chi connectivity index (χ1n) is 3.71. The van der Waals surface area contributed by atoms with Gasteiger partial charge in [0.2, 0.25) is 0 Å². The van der Waals surface area contributed by atoms with Gasteiger partial charge in [-0.3, -0.25) is 5.73 Å². The number of aromatic nitrogens is 1. The Morgan fingerprint density at radius 3 is 2.55 bits per heavy atom. The summed E-state index contributed by atoms with van der Waals surface area (Å²) in [6.07, 6.45) is 3.20. The van der Waals surface area contributed by atoms with Gasteiger partial charge < -0.3 is 0 Å². The molecule has 2 nitrogen and oxygen atoms in total. The zero-order valence-electron chi connectivity index (χ0n) is 7.29. The van der Waals surface area contributed by atoms with E-state index >= 15 is 0 Å². The van der Waals surface area contributed by atoms with Gasteiger partial charge in [0.25, 0.3) is 0 Å². The Kier molecular flexibility index (Phi) is 2.34. The minimum Gasteiger partial charge on any atom is -0.278 e. The zero-order chi connectivity index (χ0) is 8.48. The van der Waals surface area contributed by atoms with Crippen molar-refractivity contribution in [2.24, 2.45) is 0 Å². The van der Waals surface area contributed by atoms with Crippen LogP contribution in [-0.4, -0.2) is 8.07 Å². The molecule has 0 aromatic carbocycles. The van der Waals surface area contributed by atoms with E-state index in [2.05, 4.69) is 30.4 Å². The highest BCUT2D eigenvalue weighted by molar-refractivity contribution is 7.12. The molecule has 0 bridgehead atoms. The van der Waals surface area contributed by atoms with Crippen molar-refractivity contribution >= 4 is 24.5 Å². The lowest BCUT2D eigenvalue weighted by Crippen LogP contribution is -2.46. The van der Waals surface area contributed by atoms with Crippen LogP contribution in [0.1, 0.15) is 0 Å². The molecule has 0 saturated heterocycles. The zero-order valence-corrected chi connectivity index (χ0v) is 9.11. The maximum Gasteiger partial charge on any atom is 0.331 e. The van der Waals surface area contributed by atoms with Crippen molar-refractivity contribution in [3.8, 4) is 0 Å². The third kappa shape index (κ3) is 2.63. The molecule has 4 heteroatoms. The van der Waals surface area contributed by atoms with Crippen LogP contribution in [-0.2, 0) is 6.17 Å². The minimum atomic E-state index is -1.00. The van der Waals surface area contributed by atoms with Crippen LogP contribution in [0.4, 0.5) is 5.13 Å². The molecule has 0 fully saturated rings. The number of thiazole rings is 1. The normalized spacial score (nSPS) is 11.9. The molecule has 62 valence electrons. The summed E-state index contributed by atoms with van der Waals surface area (Å²) < 4.78 is 2.15. The van der Waals surface area contributed by atoms with E-state index in [9.17, 15) is 0 Å². The highest BCUT2D eigenvalue weighted by Gasteiger charge is 2.19. The van der Waals surface area contributed by atoms with Gasteiger partial charge in [0, 0.05) is 5.38 Å². The van der Waals surface area contributed by atoms with Gasteiger partial charge >= 0.3 is 5.13 Å². The fourth-order valence-corrected chi connectivity index (χ4v) is 2.98. The largest absolute Gasteiger partial charge is 0.331 e. The average molecular weight is 187 g/mol. The molecule has 1 rings (SSSR count). The average Bonchev–Trinajstić information content (AvgIpc) is 2.12. The van der Waals surface area contributed by atoms with E-state index in [1.165, 1.54) is 0 Å². The summed E-state index contributed by atoms with van der Waals surface area (Å²) in [5.74, 6) is 0. The van der Waals surface area contributed by atoms with Crippen molar-refractivity contribution < 1.29 is 4.57 Å². The van der Waals surface area contributed by atoms with Gasteiger partial charge in [0.05, 0.1) is 14.2 Å². The van der Waals surface area contributed by atoms with E-state index < -0.39 is 8.07 Å². The van der Waals surface area contributed by atoms with Gasteiger partial charge in [-0.05, 0) is 0 Å². The fraction of sp³-hybridized carbons (Fsp3) is 0.571. The van der Waals surface area contributed by atoms with E-state index in [1.54, 1.807) is 11.3 Å². The quantitative estimate of drug-likeness (QED) is 0.552. The van der Waals surface area contributed by atoms with Crippen molar-refractivity contribution in [2.45, 2.75) is 25.8 Å². The number of hydrogen-bond acceptors (Lipinski definition) is 2. The summed E-state index contributed by atoms with van der Waals surface area (Å²) in [5.41, 5.74) is 5.75. The topological polar surface area (TPSA) is 29.9 Å². The summed E-state index contributed by atoms with van der Waals surface area (Å²) in [7, 11) is -1.00. The van der Waals surface area contributed by atoms with Crippen LogP contribution in [0.3, 0.4) is 0 Å². The van der Waals surface area contributed by atoms with Crippen LogP contribution in [0, 0.1) is 0 Å². The second-order valence-electron chi connectivity index (χ2n) is 3.93. The summed E-state index contributed by atoms with van der Waals surface area (Å²) in [4.78, 5) is 0. The Balaban J connectivity index is 2.72. The molecule has 0 aliphatic carbocycles. The minimum absolute atomic E-state index is 0.924. The van der Waals surface area contributed by atoms with Gasteiger partial charge in [-0.2, -0.15) is 0 Å². The third-order valence-corrected chi connectivity index (χ3v) is 3.38. The lowest BCUT2D eigenvalue weighted by molar-refractivity contribution is -0.662. The number of anilines is 1. The molecule has 1 heterocycles. The molecule has 11 heavy (non-hydrogen) atoms. The van der Waals surface area contributed by atoms with Gasteiger partial charge in [-0.25, -0.2) is 4.57 Å². The van der Waals surface area contributed by atoms with Gasteiger partial charge in [-0.1, -0.05) is 31.0 Å². The van der Waals surface area contributed by atoms with Crippen molar-refractivity contribution in [2.75, 3.05) is 5.73 Å². The van der Waals surface area contributed by atoms with E-state index in [0.717, 1.165) is 11.3 Å². The fourth-order valence-electron chi connectivity index (χ4n) is 0.956. The standard InChI is InChI=1S/C7H14N2SSi/c1-11(2,3)6-9-4-5-10-7(9)8/h4-5,8H,6H2,1-3H3/p+1. The van der Waals surface area contributed by atoms with E-state index in [4.69, 9.17) is 5.73 Å². The summed E-state index contributed by atoms with van der Waals surface area (Å²) in [5, 5.41) is 2.96. The molecule has 0 unspecified atom stereocenters. The highest BCUT2D eigenvalue weighted by atomic mass is 32.1. The van der Waals surface area contributed by atoms with Crippen molar-refractivity contribution in [3.63, 3.8) is 0 Å². The van der Waals surface area contributed by atoms with Crippen LogP contribution in [0.25, 0.3) is 0 Å². The van der Waals surface area contributed by atoms with Crippen LogP contribution in [0.5, 0.6) is 0 Å². The number of nitrogens with two attached hydrogens (primary N) is 1. The van der Waals surface area contributed by atoms with Crippen LogP contribution < -0.4 is 10.3 Å². The maximum absolute atomic E-state index is 5.75. The van der Waals surface area contributed by atoms with Gasteiger partial charge in [0.1, 0.15) is 6.20 Å². The Morgan fingerprint density at radius 1 is 1.55 bits per heavy atom. The Labute approximate surface area is 72.7 Å². The maximum atomic E-state index is 5.75. The number of rotatable bonds is 2. The van der Waals surface area contributed by atoms with E-state index in [0.29, 0.717) is 0 Å². The lowest BCUT2D eigenvalue weighted by atomic mass is 10.9. The molecule has 1 aromatic rings. The monoisotopic (exact) mass is 187 g/mol. The Bertz CT molecular complexity index is 239. The molecule has 0 aliphatic rings. The molecule has 2 N–H and O–H groups in total. The van der Waals surface area contributed by atoms with Crippen LogP contribution in [0.2, 0.25) is 19.6 Å². The predicted octanol–water partition coefficient (Wildman–Crippen LogP) is 1.50. The predicted molar refractivity (Wildman–Crippen MR) is 52.3 cm³/mol. The van der Waals surface area contributed by atoms with Gasteiger partial charge in [0.15, 0.2) is 0 Å². The summed E-state index contributed by atoms with van der Waals surface area (Å²) in [6.45, 7) is 7.03. The first-order valence-corrected chi connectivity index (χ1v) is 8.30. The molecule has 0 spiro atoms. The van der Waals surface area contributed by atoms with E-state index in [-0.39, 0.29) is 0 Å². The van der Waals surface area contributed by atoms with E-state index in [1.807, 2.05) is 5.38 Å². The number of nitrogens with zero attached hydrogens (tertiary/aromatic N) is 1. The smallest absolute Gasteiger partial charge is 0.278 e. The third-order valence-electron chi connectivity index (χ3n) is 1.36. The highest BCUT2D eigenvalue weighted by Crippen LogP contribution is 2.06. The Morgan fingerprint density at radius 2 is 2.18 bits per heavy atom. The Hall–Kier alpha value is -0.353. The molecule has 0 atom stereocenters. The first kappa shape index (κ1) is 8.74. The summed E-state index contributed by atoms with van der Waals surface area (Å²) in [6, 6.07) is 0. The summed E-state index contributed by atoms with van der Waals surface area (Å²) >= 11 is 1.61. The van der Waals surface area contributed by atoms with Crippen molar-refractivity contribution in [3.05, 3.63) is 11.6 Å². The number of hydrogen-bond donors (Lipinski definition) is 1. The molecular weight excluding hydrogens is 172 g/mol. The molecule has 0 amide bonds. The molecule has 0 aliphatic heterocycles. The first-order chi connectivity index (χ1) is 4.99.